The molecular weight excluding hydrogens is 380 g/mol. The minimum absolute atomic E-state index is 0.144. The molecule has 1 aliphatic heterocycles. The number of benzene rings is 1. The monoisotopic (exact) mass is 404 g/mol. The Morgan fingerprint density at radius 3 is 2.57 bits per heavy atom. The molecule has 0 unspecified atom stereocenters. The Morgan fingerprint density at radius 1 is 1.21 bits per heavy atom. The van der Waals surface area contributed by atoms with E-state index in [0.717, 1.165) is 5.56 Å². The van der Waals surface area contributed by atoms with Gasteiger partial charge < -0.3 is 14.7 Å². The molecule has 0 spiro atoms. The molecule has 0 saturated carbocycles. The maximum Gasteiger partial charge on any atom is 0.236 e. The largest absolute Gasteiger partial charge is 0.360 e. The number of hydrogen-bond donors (Lipinski definition) is 1. The molecule has 3 rings (SSSR count). The summed E-state index contributed by atoms with van der Waals surface area (Å²) in [7, 11) is -3.45. The molecule has 0 bridgehead atoms. The lowest BCUT2D eigenvalue weighted by molar-refractivity contribution is -0.116. The molecule has 28 heavy (non-hydrogen) atoms. The van der Waals surface area contributed by atoms with Crippen molar-refractivity contribution in [3.05, 3.63) is 53.1 Å². The van der Waals surface area contributed by atoms with Gasteiger partial charge in [0.15, 0.2) is 5.82 Å². The topological polar surface area (TPSA) is 95.8 Å². The fraction of sp³-hybridized carbons (Fsp3) is 0.368. The van der Waals surface area contributed by atoms with Gasteiger partial charge in [0.1, 0.15) is 5.76 Å². The van der Waals surface area contributed by atoms with Crippen LogP contribution in [0.5, 0.6) is 0 Å². The van der Waals surface area contributed by atoms with E-state index >= 15 is 0 Å². The number of hydrogen-bond acceptors (Lipinski definition) is 6. The van der Waals surface area contributed by atoms with Gasteiger partial charge in [-0.3, -0.25) is 4.79 Å². The molecular formula is C19H24N4O4S. The number of amides is 1. The number of sulfonamides is 1. The van der Waals surface area contributed by atoms with Gasteiger partial charge in [0.05, 0.1) is 0 Å². The first-order valence-corrected chi connectivity index (χ1v) is 10.6. The Kier molecular flexibility index (Phi) is 6.61. The highest BCUT2D eigenvalue weighted by Gasteiger charge is 2.25. The Labute approximate surface area is 164 Å². The third-order valence-corrected chi connectivity index (χ3v) is 6.04. The zero-order chi connectivity index (χ0) is 20.0. The van der Waals surface area contributed by atoms with Gasteiger partial charge in [-0.25, -0.2) is 8.42 Å². The van der Waals surface area contributed by atoms with Crippen LogP contribution in [0.4, 0.5) is 5.82 Å². The molecule has 0 aliphatic carbocycles. The predicted octanol–water partition coefficient (Wildman–Crippen LogP) is 1.93. The summed E-state index contributed by atoms with van der Waals surface area (Å²) >= 11 is 0. The van der Waals surface area contributed by atoms with E-state index in [1.807, 2.05) is 30.3 Å². The fourth-order valence-corrected chi connectivity index (χ4v) is 4.09. The van der Waals surface area contributed by atoms with Crippen molar-refractivity contribution in [1.29, 1.82) is 0 Å². The first-order chi connectivity index (χ1) is 13.4. The van der Waals surface area contributed by atoms with Gasteiger partial charge >= 0.3 is 0 Å². The minimum atomic E-state index is -3.45. The standard InChI is InChI=1S/C19H24N4O4S/c1-16-15-18(21-27-16)20-19(24)7-9-22-10-12-23(13-11-22)28(25,26)14-8-17-5-3-2-4-6-17/h2-6,8,14-15H,7,9-13H2,1H3,(H,20,21,24)/b14-8+. The average molecular weight is 404 g/mol. The molecule has 1 aliphatic rings. The van der Waals surface area contributed by atoms with Crippen LogP contribution >= 0.6 is 0 Å². The molecule has 2 heterocycles. The van der Waals surface area contributed by atoms with Crippen LogP contribution in [0.1, 0.15) is 17.7 Å². The van der Waals surface area contributed by atoms with Crippen molar-refractivity contribution >= 4 is 27.8 Å². The van der Waals surface area contributed by atoms with Crippen LogP contribution in [-0.4, -0.2) is 61.4 Å². The molecule has 9 heteroatoms. The van der Waals surface area contributed by atoms with Crippen molar-refractivity contribution in [1.82, 2.24) is 14.4 Å². The summed E-state index contributed by atoms with van der Waals surface area (Å²) < 4.78 is 31.3. The fourth-order valence-electron chi connectivity index (χ4n) is 2.91. The molecule has 1 saturated heterocycles. The van der Waals surface area contributed by atoms with E-state index in [1.165, 1.54) is 9.71 Å². The Balaban J connectivity index is 1.43. The van der Waals surface area contributed by atoms with Gasteiger partial charge in [-0.1, -0.05) is 35.5 Å². The lowest BCUT2D eigenvalue weighted by Crippen LogP contribution is -2.48. The SMILES string of the molecule is Cc1cc(NC(=O)CCN2CCN(S(=O)(=O)/C=C/c3ccccc3)CC2)no1. The van der Waals surface area contributed by atoms with Gasteiger partial charge in [-0.2, -0.15) is 4.31 Å². The van der Waals surface area contributed by atoms with Crippen LogP contribution < -0.4 is 5.32 Å². The average Bonchev–Trinajstić information content (AvgIpc) is 3.10. The summed E-state index contributed by atoms with van der Waals surface area (Å²) in [6, 6.07) is 11.0. The van der Waals surface area contributed by atoms with Crippen LogP contribution in [0.25, 0.3) is 6.08 Å². The van der Waals surface area contributed by atoms with Crippen LogP contribution in [0.2, 0.25) is 0 Å². The number of rotatable bonds is 7. The van der Waals surface area contributed by atoms with Crippen LogP contribution in [0.15, 0.2) is 46.3 Å². The van der Waals surface area contributed by atoms with E-state index in [9.17, 15) is 13.2 Å². The summed E-state index contributed by atoms with van der Waals surface area (Å²) in [4.78, 5) is 14.1. The number of carbonyl (C=O) groups is 1. The first-order valence-electron chi connectivity index (χ1n) is 9.11. The molecule has 0 atom stereocenters. The molecule has 1 N–H and O–H groups in total. The molecule has 150 valence electrons. The minimum Gasteiger partial charge on any atom is -0.360 e. The maximum absolute atomic E-state index is 12.5. The second-order valence-electron chi connectivity index (χ2n) is 6.62. The number of piperazine rings is 1. The van der Waals surface area contributed by atoms with Crippen molar-refractivity contribution < 1.29 is 17.7 Å². The van der Waals surface area contributed by atoms with Gasteiger partial charge in [-0.15, -0.1) is 0 Å². The molecule has 0 radical (unpaired) electrons. The second-order valence-corrected chi connectivity index (χ2v) is 8.44. The van der Waals surface area contributed by atoms with Gasteiger partial charge in [-0.05, 0) is 18.6 Å². The molecule has 1 fully saturated rings. The summed E-state index contributed by atoms with van der Waals surface area (Å²) in [6.07, 6.45) is 1.92. The lowest BCUT2D eigenvalue weighted by Gasteiger charge is -2.33. The zero-order valence-corrected chi connectivity index (χ0v) is 16.6. The summed E-state index contributed by atoms with van der Waals surface area (Å²) in [5.41, 5.74) is 0.845. The van der Waals surface area contributed by atoms with E-state index in [1.54, 1.807) is 19.1 Å². The quantitative estimate of drug-likeness (QED) is 0.758. The number of aromatic nitrogens is 1. The Morgan fingerprint density at radius 2 is 1.93 bits per heavy atom. The summed E-state index contributed by atoms with van der Waals surface area (Å²) in [5.74, 6) is 0.895. The molecule has 1 amide bonds. The predicted molar refractivity (Wildman–Crippen MR) is 107 cm³/mol. The number of anilines is 1. The van der Waals surface area contributed by atoms with Crippen LogP contribution in [0.3, 0.4) is 0 Å². The van der Waals surface area contributed by atoms with Crippen molar-refractivity contribution in [3.63, 3.8) is 0 Å². The Hall–Kier alpha value is -2.49. The third kappa shape index (κ3) is 5.75. The number of nitrogens with one attached hydrogen (secondary N) is 1. The second kappa shape index (κ2) is 9.13. The molecule has 1 aromatic heterocycles. The van der Waals surface area contributed by atoms with Crippen molar-refractivity contribution in [3.8, 4) is 0 Å². The van der Waals surface area contributed by atoms with Crippen LogP contribution in [-0.2, 0) is 14.8 Å². The van der Waals surface area contributed by atoms with Crippen molar-refractivity contribution in [2.75, 3.05) is 38.0 Å². The van der Waals surface area contributed by atoms with E-state index in [0.29, 0.717) is 50.7 Å². The highest BCUT2D eigenvalue weighted by molar-refractivity contribution is 7.92. The smallest absolute Gasteiger partial charge is 0.236 e. The molecule has 8 nitrogen and oxygen atoms in total. The Bertz CT molecular complexity index is 916. The number of aryl methyl sites for hydroxylation is 1. The summed E-state index contributed by atoms with van der Waals surface area (Å²) in [5, 5.41) is 7.66. The molecule has 2 aromatic rings. The zero-order valence-electron chi connectivity index (χ0n) is 15.7. The van der Waals surface area contributed by atoms with Gasteiger partial charge in [0, 0.05) is 50.6 Å². The number of nitrogens with zero attached hydrogens (tertiary/aromatic N) is 3. The van der Waals surface area contributed by atoms with Crippen molar-refractivity contribution in [2.45, 2.75) is 13.3 Å². The highest BCUT2D eigenvalue weighted by atomic mass is 32.2. The third-order valence-electron chi connectivity index (χ3n) is 4.47. The lowest BCUT2D eigenvalue weighted by atomic mass is 10.2. The molecule has 1 aromatic carbocycles. The highest BCUT2D eigenvalue weighted by Crippen LogP contribution is 2.12. The van der Waals surface area contributed by atoms with Gasteiger partial charge in [0.25, 0.3) is 0 Å². The van der Waals surface area contributed by atoms with E-state index < -0.39 is 10.0 Å². The van der Waals surface area contributed by atoms with Crippen molar-refractivity contribution in [2.24, 2.45) is 0 Å². The van der Waals surface area contributed by atoms with Gasteiger partial charge in [0.2, 0.25) is 15.9 Å². The normalized spacial score (nSPS) is 16.5. The first kappa shape index (κ1) is 20.2. The summed E-state index contributed by atoms with van der Waals surface area (Å²) in [6.45, 7) is 4.32. The van der Waals surface area contributed by atoms with E-state index in [2.05, 4.69) is 15.4 Å². The van der Waals surface area contributed by atoms with E-state index in [-0.39, 0.29) is 5.91 Å². The maximum atomic E-state index is 12.5. The van der Waals surface area contributed by atoms with Crippen LogP contribution in [0, 0.1) is 6.92 Å². The number of carbonyl (C=O) groups excluding carboxylic acids is 1. The van der Waals surface area contributed by atoms with E-state index in [4.69, 9.17) is 4.52 Å².